The van der Waals surface area contributed by atoms with Gasteiger partial charge in [-0.3, -0.25) is 0 Å². The van der Waals surface area contributed by atoms with E-state index < -0.39 is 5.97 Å². The summed E-state index contributed by atoms with van der Waals surface area (Å²) in [5.74, 6) is 1.14. The summed E-state index contributed by atoms with van der Waals surface area (Å²) in [6, 6.07) is 10.8. The Morgan fingerprint density at radius 2 is 1.29 bits per heavy atom. The molecule has 4 nitrogen and oxygen atoms in total. The van der Waals surface area contributed by atoms with E-state index in [1.165, 1.54) is 44.6 Å². The zero-order valence-corrected chi connectivity index (χ0v) is 27.7. The zero-order chi connectivity index (χ0) is 32.5. The fourth-order valence-corrected chi connectivity index (χ4v) is 4.86. The summed E-state index contributed by atoms with van der Waals surface area (Å²) >= 11 is 0. The van der Waals surface area contributed by atoms with Gasteiger partial charge in [-0.15, -0.1) is 0 Å². The Morgan fingerprint density at radius 3 is 1.91 bits per heavy atom. The molecule has 0 aliphatic rings. The van der Waals surface area contributed by atoms with Crippen LogP contribution in [0, 0.1) is 5.92 Å². The number of rotatable bonds is 21. The fourth-order valence-electron chi connectivity index (χ4n) is 4.86. The molecule has 0 amide bonds. The highest BCUT2D eigenvalue weighted by Gasteiger charge is 2.14. The number of hydrogen-bond donors (Lipinski definition) is 2. The molecule has 0 saturated heterocycles. The highest BCUT2D eigenvalue weighted by atomic mass is 16.5. The summed E-state index contributed by atoms with van der Waals surface area (Å²) in [7, 11) is 0. The number of aryl methyl sites for hydroxylation is 1. The number of ether oxygens (including phenoxy) is 1. The Morgan fingerprint density at radius 1 is 0.711 bits per heavy atom. The van der Waals surface area contributed by atoms with E-state index in [9.17, 15) is 15.0 Å². The highest BCUT2D eigenvalue weighted by Crippen LogP contribution is 2.33. The van der Waals surface area contributed by atoms with Crippen molar-refractivity contribution < 1.29 is 19.7 Å². The van der Waals surface area contributed by atoms with Crippen LogP contribution in [0.5, 0.6) is 17.2 Å². The van der Waals surface area contributed by atoms with E-state index >= 15 is 0 Å². The van der Waals surface area contributed by atoms with Crippen molar-refractivity contribution in [1.29, 1.82) is 0 Å². The molecular weight excluding hydrogens is 556 g/mol. The molecule has 0 aliphatic carbocycles. The molecule has 2 rings (SSSR count). The molecule has 0 radical (unpaired) electrons. The van der Waals surface area contributed by atoms with Crippen LogP contribution in [-0.2, 0) is 17.6 Å². The predicted molar refractivity (Wildman–Crippen MR) is 191 cm³/mol. The number of carbonyl (C=O) groups is 1. The van der Waals surface area contributed by atoms with Crippen LogP contribution in [-0.4, -0.2) is 16.2 Å². The number of carbonyl (C=O) groups excluding carboxylic acids is 1. The summed E-state index contributed by atoms with van der Waals surface area (Å²) in [5.41, 5.74) is 2.75. The van der Waals surface area contributed by atoms with Gasteiger partial charge in [0.05, 0.1) is 0 Å². The van der Waals surface area contributed by atoms with Crippen molar-refractivity contribution in [1.82, 2.24) is 0 Å². The van der Waals surface area contributed by atoms with Gasteiger partial charge in [-0.2, -0.15) is 0 Å². The molecule has 45 heavy (non-hydrogen) atoms. The average Bonchev–Trinajstić information content (AvgIpc) is 3.00. The van der Waals surface area contributed by atoms with Crippen molar-refractivity contribution >= 4 is 12.0 Å². The van der Waals surface area contributed by atoms with Crippen molar-refractivity contribution in [3.63, 3.8) is 0 Å². The first kappa shape index (κ1) is 37.1. The van der Waals surface area contributed by atoms with Crippen LogP contribution in [0.4, 0.5) is 0 Å². The molecular formula is C41H54O4. The second-order valence-electron chi connectivity index (χ2n) is 11.9. The van der Waals surface area contributed by atoms with Crippen molar-refractivity contribution in [3.8, 4) is 17.2 Å². The van der Waals surface area contributed by atoms with E-state index in [-0.39, 0.29) is 11.5 Å². The summed E-state index contributed by atoms with van der Waals surface area (Å²) < 4.78 is 5.77. The van der Waals surface area contributed by atoms with E-state index in [2.05, 4.69) is 20.8 Å². The van der Waals surface area contributed by atoms with Gasteiger partial charge < -0.3 is 14.9 Å². The summed E-state index contributed by atoms with van der Waals surface area (Å²) in [5, 5.41) is 20.2. The van der Waals surface area contributed by atoms with Gasteiger partial charge in [-0.1, -0.05) is 151 Å². The minimum atomic E-state index is -0.454. The molecule has 0 atom stereocenters. The van der Waals surface area contributed by atoms with Gasteiger partial charge >= 0.3 is 5.97 Å². The SMILES string of the molecule is CCCCCCCCCCc1c(O)cc(CCCC(C)C)cc1OC(=O)C=CC=CC=CC=CC=CC=Cc1ccc(O)cc1. The molecule has 2 aromatic rings. The molecule has 0 bridgehead atoms. The van der Waals surface area contributed by atoms with Crippen LogP contribution in [0.3, 0.4) is 0 Å². The minimum absolute atomic E-state index is 0.230. The number of phenolic OH excluding ortho intramolecular Hbond substituents is 2. The number of hydrogen-bond acceptors (Lipinski definition) is 4. The molecule has 0 aromatic heterocycles. The third-order valence-electron chi connectivity index (χ3n) is 7.40. The van der Waals surface area contributed by atoms with Gasteiger partial charge in [0.1, 0.15) is 17.2 Å². The van der Waals surface area contributed by atoms with E-state index in [0.29, 0.717) is 18.1 Å². The minimum Gasteiger partial charge on any atom is -0.508 e. The van der Waals surface area contributed by atoms with Crippen LogP contribution in [0.2, 0.25) is 0 Å². The van der Waals surface area contributed by atoms with Gasteiger partial charge in [0.2, 0.25) is 0 Å². The molecule has 242 valence electrons. The normalized spacial score (nSPS) is 12.4. The van der Waals surface area contributed by atoms with E-state index in [1.54, 1.807) is 24.3 Å². The maximum Gasteiger partial charge on any atom is 0.336 e. The molecule has 0 spiro atoms. The first-order valence-corrected chi connectivity index (χ1v) is 16.8. The van der Waals surface area contributed by atoms with Crippen LogP contribution >= 0.6 is 0 Å². The van der Waals surface area contributed by atoms with Crippen molar-refractivity contribution in [2.24, 2.45) is 5.92 Å². The summed E-state index contributed by atoms with van der Waals surface area (Å²) in [6.45, 7) is 6.66. The third-order valence-corrected chi connectivity index (χ3v) is 7.40. The Balaban J connectivity index is 1.88. The number of phenols is 2. The van der Waals surface area contributed by atoms with E-state index in [4.69, 9.17) is 4.74 Å². The molecule has 0 heterocycles. The molecule has 0 unspecified atom stereocenters. The van der Waals surface area contributed by atoms with Gasteiger partial charge in [-0.05, 0) is 67.0 Å². The largest absolute Gasteiger partial charge is 0.508 e. The number of esters is 1. The van der Waals surface area contributed by atoms with Crippen molar-refractivity contribution in [2.75, 3.05) is 0 Å². The van der Waals surface area contributed by atoms with Gasteiger partial charge in [0.15, 0.2) is 0 Å². The molecule has 2 N–H and O–H groups in total. The molecule has 0 aliphatic heterocycles. The highest BCUT2D eigenvalue weighted by molar-refractivity contribution is 5.84. The van der Waals surface area contributed by atoms with Gasteiger partial charge in [0, 0.05) is 11.6 Å². The second-order valence-corrected chi connectivity index (χ2v) is 11.9. The Kier molecular flexibility index (Phi) is 19.3. The van der Waals surface area contributed by atoms with Crippen molar-refractivity contribution in [2.45, 2.75) is 97.8 Å². The first-order valence-electron chi connectivity index (χ1n) is 16.8. The monoisotopic (exact) mass is 610 g/mol. The lowest BCUT2D eigenvalue weighted by Gasteiger charge is -2.14. The average molecular weight is 611 g/mol. The van der Waals surface area contributed by atoms with E-state index in [1.807, 2.05) is 78.9 Å². The fraction of sp³-hybridized carbons (Fsp3) is 0.390. The van der Waals surface area contributed by atoms with Crippen molar-refractivity contribution in [3.05, 3.63) is 120 Å². The topological polar surface area (TPSA) is 66.8 Å². The van der Waals surface area contributed by atoms with Gasteiger partial charge in [0.25, 0.3) is 0 Å². The number of aromatic hydroxyl groups is 2. The lowest BCUT2D eigenvalue weighted by Crippen LogP contribution is -2.07. The standard InChI is InChI=1S/C41H54O4/c1-4-5-6-7-8-14-17-20-26-38-39(43)32-36(25-22-23-34(2)3)33-40(38)45-41(44)27-21-18-15-12-10-9-11-13-16-19-24-35-28-30-37(42)31-29-35/h9-13,15-16,18-19,21,24,27-34,42-43H,4-8,14,17,20,22-23,25-26H2,1-3H3. The van der Waals surface area contributed by atoms with Crippen LogP contribution < -0.4 is 4.74 Å². The first-order chi connectivity index (χ1) is 21.9. The Labute approximate surface area is 272 Å². The molecule has 0 saturated carbocycles. The molecule has 4 heteroatoms. The lowest BCUT2D eigenvalue weighted by atomic mass is 9.98. The second kappa shape index (κ2) is 23.3. The third kappa shape index (κ3) is 17.7. The number of benzene rings is 2. The summed E-state index contributed by atoms with van der Waals surface area (Å²) in [6.07, 6.45) is 35.5. The van der Waals surface area contributed by atoms with Crippen LogP contribution in [0.1, 0.15) is 102 Å². The molecule has 0 fully saturated rings. The van der Waals surface area contributed by atoms with Crippen LogP contribution in [0.15, 0.2) is 103 Å². The molecule has 2 aromatic carbocycles. The van der Waals surface area contributed by atoms with E-state index in [0.717, 1.165) is 48.8 Å². The Hall–Kier alpha value is -4.05. The number of unbranched alkanes of at least 4 members (excludes halogenated alkanes) is 7. The summed E-state index contributed by atoms with van der Waals surface area (Å²) in [4.78, 5) is 12.7. The lowest BCUT2D eigenvalue weighted by molar-refractivity contribution is -0.129. The Bertz CT molecular complexity index is 1290. The maximum atomic E-state index is 12.7. The quantitative estimate of drug-likeness (QED) is 0.0485. The zero-order valence-electron chi connectivity index (χ0n) is 27.7. The smallest absolute Gasteiger partial charge is 0.336 e. The maximum absolute atomic E-state index is 12.7. The number of allylic oxidation sites excluding steroid dienone is 10. The predicted octanol–water partition coefficient (Wildman–Crippen LogP) is 11.2. The van der Waals surface area contributed by atoms with Crippen LogP contribution in [0.25, 0.3) is 6.08 Å². The van der Waals surface area contributed by atoms with Gasteiger partial charge in [-0.25, -0.2) is 4.79 Å².